The van der Waals surface area contributed by atoms with Crippen molar-refractivity contribution in [3.05, 3.63) is 71.7 Å². The Balaban J connectivity index is 1.42. The van der Waals surface area contributed by atoms with Crippen molar-refractivity contribution < 1.29 is 9.53 Å². The number of ether oxygens (including phenoxy) is 1. The second kappa shape index (κ2) is 9.13. The number of carbonyl (C=O) groups excluding carboxylic acids is 1. The van der Waals surface area contributed by atoms with Crippen LogP contribution in [0.4, 0.5) is 5.82 Å². The molecule has 2 aromatic carbocycles. The van der Waals surface area contributed by atoms with Crippen molar-refractivity contribution in [1.82, 2.24) is 24.6 Å². The molecule has 1 aliphatic rings. The minimum Gasteiger partial charge on any atom is -0.497 e. The molecule has 0 N–H and O–H groups in total. The Labute approximate surface area is 198 Å². The van der Waals surface area contributed by atoms with Crippen LogP contribution in [0.25, 0.3) is 16.7 Å². The first-order valence-electron chi connectivity index (χ1n) is 11.6. The van der Waals surface area contributed by atoms with E-state index in [0.29, 0.717) is 31.7 Å². The van der Waals surface area contributed by atoms with E-state index in [0.717, 1.165) is 46.2 Å². The van der Waals surface area contributed by atoms with E-state index in [1.54, 1.807) is 7.11 Å². The zero-order chi connectivity index (χ0) is 23.7. The summed E-state index contributed by atoms with van der Waals surface area (Å²) in [5.74, 6) is 2.47. The summed E-state index contributed by atoms with van der Waals surface area (Å²) in [5, 5.41) is 5.77. The average Bonchev–Trinajstić information content (AvgIpc) is 3.24. The van der Waals surface area contributed by atoms with E-state index < -0.39 is 0 Å². The van der Waals surface area contributed by atoms with Gasteiger partial charge in [-0.25, -0.2) is 14.6 Å². The number of piperazine rings is 1. The van der Waals surface area contributed by atoms with Gasteiger partial charge in [-0.1, -0.05) is 25.1 Å². The van der Waals surface area contributed by atoms with Crippen LogP contribution >= 0.6 is 0 Å². The van der Waals surface area contributed by atoms with Crippen molar-refractivity contribution in [2.45, 2.75) is 20.3 Å². The second-order valence-electron chi connectivity index (χ2n) is 8.36. The van der Waals surface area contributed by atoms with Gasteiger partial charge < -0.3 is 14.5 Å². The first-order chi connectivity index (χ1) is 16.6. The van der Waals surface area contributed by atoms with Gasteiger partial charge in [0, 0.05) is 38.2 Å². The Hall–Kier alpha value is -3.94. The maximum absolute atomic E-state index is 13.0. The number of nitrogens with zero attached hydrogens (tertiary/aromatic N) is 6. The highest BCUT2D eigenvalue weighted by Gasteiger charge is 2.26. The van der Waals surface area contributed by atoms with Crippen molar-refractivity contribution in [2.75, 3.05) is 38.2 Å². The van der Waals surface area contributed by atoms with Crippen LogP contribution in [-0.4, -0.2) is 63.8 Å². The van der Waals surface area contributed by atoms with Gasteiger partial charge in [-0.15, -0.1) is 0 Å². The third-order valence-corrected chi connectivity index (χ3v) is 6.25. The first-order valence-corrected chi connectivity index (χ1v) is 11.6. The lowest BCUT2D eigenvalue weighted by Crippen LogP contribution is -2.49. The van der Waals surface area contributed by atoms with Gasteiger partial charge in [-0.05, 0) is 43.3 Å². The number of aromatic nitrogens is 4. The number of methoxy groups -OCH3 is 1. The number of para-hydroxylation sites is 1. The highest BCUT2D eigenvalue weighted by Crippen LogP contribution is 2.30. The fraction of sp³-hybridized carbons (Fsp3) is 0.308. The SMILES string of the molecule is CCc1nc(N2CCN(C(=O)c3ccc(OC)cc3)CC2)c2c(C)nn(-c3ccccc3)c2n1. The number of anilines is 1. The van der Waals surface area contributed by atoms with Gasteiger partial charge in [0.25, 0.3) is 5.91 Å². The molecule has 0 atom stereocenters. The molecule has 1 amide bonds. The van der Waals surface area contributed by atoms with E-state index in [1.807, 2.05) is 71.1 Å². The topological polar surface area (TPSA) is 76.4 Å². The van der Waals surface area contributed by atoms with Gasteiger partial charge in [0.15, 0.2) is 5.65 Å². The van der Waals surface area contributed by atoms with Crippen molar-refractivity contribution in [3.63, 3.8) is 0 Å². The summed E-state index contributed by atoms with van der Waals surface area (Å²) in [4.78, 5) is 26.9. The van der Waals surface area contributed by atoms with E-state index >= 15 is 0 Å². The zero-order valence-corrected chi connectivity index (χ0v) is 19.7. The van der Waals surface area contributed by atoms with Crippen molar-refractivity contribution in [2.24, 2.45) is 0 Å². The molecule has 1 saturated heterocycles. The average molecular weight is 457 g/mol. The summed E-state index contributed by atoms with van der Waals surface area (Å²) < 4.78 is 7.10. The largest absolute Gasteiger partial charge is 0.497 e. The zero-order valence-electron chi connectivity index (χ0n) is 19.7. The highest BCUT2D eigenvalue weighted by atomic mass is 16.5. The van der Waals surface area contributed by atoms with Crippen LogP contribution in [0.2, 0.25) is 0 Å². The lowest BCUT2D eigenvalue weighted by molar-refractivity contribution is 0.0746. The van der Waals surface area contributed by atoms with Crippen molar-refractivity contribution in [3.8, 4) is 11.4 Å². The van der Waals surface area contributed by atoms with Crippen LogP contribution in [0.15, 0.2) is 54.6 Å². The third kappa shape index (κ3) is 3.96. The van der Waals surface area contributed by atoms with Gasteiger partial charge in [-0.2, -0.15) is 5.10 Å². The normalized spacial score (nSPS) is 14.0. The fourth-order valence-corrected chi connectivity index (χ4v) is 4.38. The van der Waals surface area contributed by atoms with Crippen LogP contribution in [-0.2, 0) is 6.42 Å². The minimum atomic E-state index is 0.0393. The molecule has 0 bridgehead atoms. The van der Waals surface area contributed by atoms with Gasteiger partial charge in [0.2, 0.25) is 0 Å². The smallest absolute Gasteiger partial charge is 0.253 e. The van der Waals surface area contributed by atoms with E-state index in [4.69, 9.17) is 19.8 Å². The third-order valence-electron chi connectivity index (χ3n) is 6.25. The minimum absolute atomic E-state index is 0.0393. The predicted molar refractivity (Wildman–Crippen MR) is 132 cm³/mol. The number of fused-ring (bicyclic) bond motifs is 1. The molecule has 5 rings (SSSR count). The quantitative estimate of drug-likeness (QED) is 0.456. The Morgan fingerprint density at radius 2 is 1.68 bits per heavy atom. The predicted octanol–water partition coefficient (Wildman–Crippen LogP) is 3.66. The van der Waals surface area contributed by atoms with Crippen LogP contribution in [0.1, 0.15) is 28.8 Å². The molecule has 4 aromatic rings. The lowest BCUT2D eigenvalue weighted by Gasteiger charge is -2.35. The van der Waals surface area contributed by atoms with Crippen molar-refractivity contribution >= 4 is 22.8 Å². The van der Waals surface area contributed by atoms with E-state index in [2.05, 4.69) is 11.8 Å². The fourth-order valence-electron chi connectivity index (χ4n) is 4.38. The number of amides is 1. The number of aryl methyl sites for hydroxylation is 2. The Morgan fingerprint density at radius 3 is 2.32 bits per heavy atom. The molecule has 3 heterocycles. The molecule has 1 aliphatic heterocycles. The molecule has 34 heavy (non-hydrogen) atoms. The molecule has 0 saturated carbocycles. The number of hydrogen-bond donors (Lipinski definition) is 0. The van der Waals surface area contributed by atoms with Gasteiger partial charge in [0.05, 0.1) is 23.9 Å². The number of benzene rings is 2. The van der Waals surface area contributed by atoms with Crippen LogP contribution in [0.5, 0.6) is 5.75 Å². The van der Waals surface area contributed by atoms with Gasteiger partial charge in [0.1, 0.15) is 17.4 Å². The molecule has 0 radical (unpaired) electrons. The molecule has 2 aromatic heterocycles. The number of hydrogen-bond acceptors (Lipinski definition) is 6. The molecular formula is C26H28N6O2. The summed E-state index contributed by atoms with van der Waals surface area (Å²) in [6, 6.07) is 17.3. The second-order valence-corrected chi connectivity index (χ2v) is 8.36. The maximum Gasteiger partial charge on any atom is 0.253 e. The molecule has 1 fully saturated rings. The molecule has 8 nitrogen and oxygen atoms in total. The van der Waals surface area contributed by atoms with E-state index in [9.17, 15) is 4.79 Å². The van der Waals surface area contributed by atoms with Crippen LogP contribution in [0, 0.1) is 6.92 Å². The van der Waals surface area contributed by atoms with E-state index in [1.165, 1.54) is 0 Å². The van der Waals surface area contributed by atoms with Gasteiger partial charge >= 0.3 is 0 Å². The van der Waals surface area contributed by atoms with Crippen LogP contribution < -0.4 is 9.64 Å². The molecule has 8 heteroatoms. The lowest BCUT2D eigenvalue weighted by atomic mass is 10.1. The number of rotatable bonds is 5. The summed E-state index contributed by atoms with van der Waals surface area (Å²) >= 11 is 0. The molecule has 0 spiro atoms. The summed E-state index contributed by atoms with van der Waals surface area (Å²) in [5.41, 5.74) is 3.37. The van der Waals surface area contributed by atoms with E-state index in [-0.39, 0.29) is 5.91 Å². The molecule has 0 unspecified atom stereocenters. The first kappa shape index (κ1) is 21.9. The summed E-state index contributed by atoms with van der Waals surface area (Å²) in [6.45, 7) is 6.73. The monoisotopic (exact) mass is 456 g/mol. The Kier molecular flexibility index (Phi) is 5.88. The summed E-state index contributed by atoms with van der Waals surface area (Å²) in [6.07, 6.45) is 0.734. The standard InChI is InChI=1S/C26H28N6O2/c1-4-22-27-24(23-18(2)29-32(25(23)28-22)20-8-6-5-7-9-20)30-14-16-31(17-15-30)26(33)19-10-12-21(34-3)13-11-19/h5-13H,4,14-17H2,1-3H3. The Bertz CT molecular complexity index is 1310. The van der Waals surface area contributed by atoms with Crippen LogP contribution in [0.3, 0.4) is 0 Å². The molecular weight excluding hydrogens is 428 g/mol. The highest BCUT2D eigenvalue weighted by molar-refractivity contribution is 5.95. The molecule has 0 aliphatic carbocycles. The van der Waals surface area contributed by atoms with Crippen molar-refractivity contribution in [1.29, 1.82) is 0 Å². The summed E-state index contributed by atoms with van der Waals surface area (Å²) in [7, 11) is 1.62. The maximum atomic E-state index is 13.0. The molecule has 174 valence electrons. The Morgan fingerprint density at radius 1 is 0.971 bits per heavy atom. The number of carbonyl (C=O) groups is 1. The van der Waals surface area contributed by atoms with Gasteiger partial charge in [-0.3, -0.25) is 4.79 Å².